The average molecular weight is 374 g/mol. The maximum absolute atomic E-state index is 12.7. The number of aromatic amines is 1. The minimum atomic E-state index is -0.0135. The van der Waals surface area contributed by atoms with E-state index in [1.54, 1.807) is 22.7 Å². The van der Waals surface area contributed by atoms with E-state index in [1.165, 1.54) is 11.3 Å². The van der Waals surface area contributed by atoms with E-state index in [9.17, 15) is 4.79 Å². The Balaban J connectivity index is 1.66. The summed E-state index contributed by atoms with van der Waals surface area (Å²) >= 11 is 3.29. The van der Waals surface area contributed by atoms with Crippen LogP contribution in [0.2, 0.25) is 0 Å². The zero-order valence-electron chi connectivity index (χ0n) is 14.8. The number of H-pyrrole nitrogens is 1. The van der Waals surface area contributed by atoms with E-state index >= 15 is 0 Å². The molecule has 0 aromatic carbocycles. The third-order valence-corrected chi connectivity index (χ3v) is 6.72. The number of hydrogen-bond acceptors (Lipinski definition) is 5. The molecular weight excluding hydrogens is 350 g/mol. The van der Waals surface area contributed by atoms with Gasteiger partial charge in [-0.25, -0.2) is 4.98 Å². The second-order valence-electron chi connectivity index (χ2n) is 7.39. The van der Waals surface area contributed by atoms with Crippen LogP contribution >= 0.6 is 22.7 Å². The van der Waals surface area contributed by atoms with E-state index in [1.807, 2.05) is 0 Å². The van der Waals surface area contributed by atoms with E-state index in [0.717, 1.165) is 46.1 Å². The van der Waals surface area contributed by atoms with Gasteiger partial charge in [0.25, 0.3) is 5.56 Å². The lowest BCUT2D eigenvalue weighted by molar-refractivity contribution is 0.131. The molecule has 0 radical (unpaired) electrons. The molecule has 25 heavy (non-hydrogen) atoms. The fourth-order valence-corrected chi connectivity index (χ4v) is 5.88. The number of hydrogen-bond donors (Lipinski definition) is 1. The van der Waals surface area contributed by atoms with Crippen LogP contribution in [0.25, 0.3) is 20.7 Å². The second kappa shape index (κ2) is 6.67. The van der Waals surface area contributed by atoms with Crippen molar-refractivity contribution in [2.45, 2.75) is 33.7 Å². The minimum absolute atomic E-state index is 0.0135. The van der Waals surface area contributed by atoms with E-state index in [2.05, 4.69) is 48.2 Å². The fraction of sp³-hybridized carbons (Fsp3) is 0.474. The third-order valence-electron chi connectivity index (χ3n) is 4.82. The molecule has 0 bridgehead atoms. The molecule has 1 N–H and O–H groups in total. The van der Waals surface area contributed by atoms with Gasteiger partial charge in [-0.1, -0.05) is 13.8 Å². The van der Waals surface area contributed by atoms with Gasteiger partial charge in [0.05, 0.1) is 11.9 Å². The van der Waals surface area contributed by atoms with Crippen LogP contribution in [0.3, 0.4) is 0 Å². The van der Waals surface area contributed by atoms with Crippen LogP contribution in [0.1, 0.15) is 31.0 Å². The van der Waals surface area contributed by atoms with Gasteiger partial charge in [0, 0.05) is 33.8 Å². The van der Waals surface area contributed by atoms with Gasteiger partial charge in [0.1, 0.15) is 10.7 Å². The molecule has 0 unspecified atom stereocenters. The van der Waals surface area contributed by atoms with E-state index < -0.39 is 0 Å². The number of likely N-dealkylation sites (tertiary alicyclic amines) is 1. The van der Waals surface area contributed by atoms with Crippen LogP contribution in [-0.2, 0) is 6.54 Å². The normalized spacial score (nSPS) is 21.9. The van der Waals surface area contributed by atoms with Crippen molar-refractivity contribution in [1.29, 1.82) is 0 Å². The smallest absolute Gasteiger partial charge is 0.260 e. The maximum atomic E-state index is 12.7. The summed E-state index contributed by atoms with van der Waals surface area (Å²) in [5.41, 5.74) is 0.999. The SMILES string of the molecule is Cc1ccc(-c2csc3nc(CN4C[C@H](C)C[C@@H](C)C4)[nH]c(=O)c23)s1. The fourth-order valence-electron chi connectivity index (χ4n) is 3.96. The quantitative estimate of drug-likeness (QED) is 0.735. The summed E-state index contributed by atoms with van der Waals surface area (Å²) < 4.78 is 0. The Kier molecular flexibility index (Phi) is 4.52. The lowest BCUT2D eigenvalue weighted by Crippen LogP contribution is -2.38. The highest BCUT2D eigenvalue weighted by Crippen LogP contribution is 2.35. The molecule has 4 rings (SSSR count). The molecule has 0 aliphatic carbocycles. The van der Waals surface area contributed by atoms with E-state index in [-0.39, 0.29) is 5.56 Å². The number of nitrogens with zero attached hydrogens (tertiary/aromatic N) is 2. The Morgan fingerprint density at radius 3 is 2.72 bits per heavy atom. The molecule has 0 spiro atoms. The molecular formula is C19H23N3OS2. The van der Waals surface area contributed by atoms with Gasteiger partial charge in [0.2, 0.25) is 0 Å². The number of piperidine rings is 1. The molecule has 4 nitrogen and oxygen atoms in total. The van der Waals surface area contributed by atoms with E-state index in [0.29, 0.717) is 11.8 Å². The first-order chi connectivity index (χ1) is 12.0. The first-order valence-electron chi connectivity index (χ1n) is 8.79. The molecule has 3 aromatic rings. The molecule has 4 heterocycles. The number of aromatic nitrogens is 2. The Morgan fingerprint density at radius 1 is 1.28 bits per heavy atom. The Labute approximate surface area is 155 Å². The van der Waals surface area contributed by atoms with Crippen molar-refractivity contribution in [3.05, 3.63) is 38.6 Å². The molecule has 0 saturated carbocycles. The van der Waals surface area contributed by atoms with Crippen molar-refractivity contribution in [1.82, 2.24) is 14.9 Å². The van der Waals surface area contributed by atoms with Crippen LogP contribution in [-0.4, -0.2) is 28.0 Å². The molecule has 132 valence electrons. The summed E-state index contributed by atoms with van der Waals surface area (Å²) in [6.07, 6.45) is 1.29. The van der Waals surface area contributed by atoms with Crippen molar-refractivity contribution in [2.75, 3.05) is 13.1 Å². The van der Waals surface area contributed by atoms with Gasteiger partial charge in [-0.15, -0.1) is 22.7 Å². The summed E-state index contributed by atoms with van der Waals surface area (Å²) in [7, 11) is 0. The van der Waals surface area contributed by atoms with Crippen molar-refractivity contribution >= 4 is 32.9 Å². The summed E-state index contributed by atoms with van der Waals surface area (Å²) in [5.74, 6) is 2.19. The van der Waals surface area contributed by atoms with Crippen molar-refractivity contribution in [3.8, 4) is 10.4 Å². The molecule has 1 fully saturated rings. The van der Waals surface area contributed by atoms with Gasteiger partial charge < -0.3 is 4.98 Å². The number of fused-ring (bicyclic) bond motifs is 1. The predicted octanol–water partition coefficient (Wildman–Crippen LogP) is 4.50. The van der Waals surface area contributed by atoms with Crippen LogP contribution in [0.4, 0.5) is 0 Å². The Hall–Kier alpha value is -1.50. The monoisotopic (exact) mass is 373 g/mol. The molecule has 3 aromatic heterocycles. The lowest BCUT2D eigenvalue weighted by atomic mass is 9.92. The highest BCUT2D eigenvalue weighted by atomic mass is 32.1. The van der Waals surface area contributed by atoms with Gasteiger partial charge >= 0.3 is 0 Å². The van der Waals surface area contributed by atoms with Gasteiger partial charge in [0.15, 0.2) is 0 Å². The first-order valence-corrected chi connectivity index (χ1v) is 10.5. The van der Waals surface area contributed by atoms with Gasteiger partial charge in [-0.05, 0) is 37.3 Å². The van der Waals surface area contributed by atoms with Crippen molar-refractivity contribution in [2.24, 2.45) is 11.8 Å². The number of nitrogens with one attached hydrogen (secondary N) is 1. The van der Waals surface area contributed by atoms with Crippen LogP contribution < -0.4 is 5.56 Å². The summed E-state index contributed by atoms with van der Waals surface area (Å²) in [6.45, 7) is 9.58. The lowest BCUT2D eigenvalue weighted by Gasteiger charge is -2.34. The molecule has 6 heteroatoms. The summed E-state index contributed by atoms with van der Waals surface area (Å²) in [5, 5.41) is 2.79. The predicted molar refractivity (Wildman–Crippen MR) is 107 cm³/mol. The van der Waals surface area contributed by atoms with Gasteiger partial charge in [-0.3, -0.25) is 9.69 Å². The standard InChI is InChI=1S/C19H23N3OS2/c1-11-6-12(2)8-22(7-11)9-16-20-18(23)17-14(10-24-19(17)21-16)15-5-4-13(3)25-15/h4-5,10-12H,6-9H2,1-3H3,(H,20,21,23)/t11-,12-/m1/s1. The van der Waals surface area contributed by atoms with Crippen LogP contribution in [0.5, 0.6) is 0 Å². The summed E-state index contributed by atoms with van der Waals surface area (Å²) in [4.78, 5) is 26.2. The van der Waals surface area contributed by atoms with E-state index in [4.69, 9.17) is 4.98 Å². The highest BCUT2D eigenvalue weighted by molar-refractivity contribution is 7.19. The van der Waals surface area contributed by atoms with Crippen molar-refractivity contribution in [3.63, 3.8) is 0 Å². The second-order valence-corrected chi connectivity index (χ2v) is 9.54. The molecule has 1 aliphatic heterocycles. The minimum Gasteiger partial charge on any atom is -0.309 e. The summed E-state index contributed by atoms with van der Waals surface area (Å²) in [6, 6.07) is 4.18. The Bertz CT molecular complexity index is 945. The first kappa shape index (κ1) is 16.9. The average Bonchev–Trinajstić information content (AvgIpc) is 3.12. The largest absolute Gasteiger partial charge is 0.309 e. The van der Waals surface area contributed by atoms with Gasteiger partial charge in [-0.2, -0.15) is 0 Å². The zero-order chi connectivity index (χ0) is 17.6. The third kappa shape index (κ3) is 3.43. The molecule has 0 amide bonds. The number of thiophene rings is 2. The molecule has 2 atom stereocenters. The maximum Gasteiger partial charge on any atom is 0.260 e. The molecule has 1 aliphatic rings. The van der Waals surface area contributed by atoms with Crippen molar-refractivity contribution < 1.29 is 0 Å². The Morgan fingerprint density at radius 2 is 2.04 bits per heavy atom. The number of rotatable bonds is 3. The highest BCUT2D eigenvalue weighted by Gasteiger charge is 2.23. The number of aryl methyl sites for hydroxylation is 1. The van der Waals surface area contributed by atoms with Crippen LogP contribution in [0.15, 0.2) is 22.3 Å². The topological polar surface area (TPSA) is 49.0 Å². The molecule has 1 saturated heterocycles. The zero-order valence-corrected chi connectivity index (χ0v) is 16.5. The van der Waals surface area contributed by atoms with Crippen LogP contribution in [0, 0.1) is 18.8 Å².